The summed E-state index contributed by atoms with van der Waals surface area (Å²) in [5, 5.41) is 16.8. The van der Waals surface area contributed by atoms with E-state index in [1.165, 1.54) is 70.6 Å². The van der Waals surface area contributed by atoms with E-state index in [1.54, 1.807) is 0 Å². The van der Waals surface area contributed by atoms with Crippen molar-refractivity contribution in [2.24, 2.45) is 11.7 Å². The number of unbranched alkanes of at least 4 members (excludes halogenated alkanes) is 11. The third-order valence-electron chi connectivity index (χ3n) is 4.69. The Bertz CT molecular complexity index is 408. The van der Waals surface area contributed by atoms with E-state index in [9.17, 15) is 9.59 Å². The molecular weight excluding hydrogens is 366 g/mol. The number of hydrogen-bond acceptors (Lipinski definition) is 3. The Balaban J connectivity index is 0. The predicted molar refractivity (Wildman–Crippen MR) is 122 cm³/mol. The first-order chi connectivity index (χ1) is 13.8. The fraction of sp³-hybridized carbons (Fsp3) is 0.833. The summed E-state index contributed by atoms with van der Waals surface area (Å²) in [7, 11) is 0. The molecule has 0 spiro atoms. The van der Waals surface area contributed by atoms with Crippen LogP contribution in [0.5, 0.6) is 0 Å². The monoisotopic (exact) mass is 413 g/mol. The summed E-state index contributed by atoms with van der Waals surface area (Å²) in [5.41, 5.74) is 5.22. The number of carboxylic acid groups (broad SMARTS) is 2. The zero-order valence-electron chi connectivity index (χ0n) is 19.2. The van der Waals surface area contributed by atoms with Crippen LogP contribution >= 0.6 is 0 Å². The lowest BCUT2D eigenvalue weighted by Crippen LogP contribution is -2.31. The molecule has 0 heterocycles. The third kappa shape index (κ3) is 28.9. The highest BCUT2D eigenvalue weighted by molar-refractivity contribution is 5.72. The van der Waals surface area contributed by atoms with E-state index in [0.29, 0.717) is 18.8 Å². The number of rotatable bonds is 18. The van der Waals surface area contributed by atoms with E-state index >= 15 is 0 Å². The molecule has 1 atom stereocenters. The van der Waals surface area contributed by atoms with Crippen LogP contribution in [0.3, 0.4) is 0 Å². The maximum absolute atomic E-state index is 10.3. The maximum Gasteiger partial charge on any atom is 0.320 e. The molecule has 0 saturated carbocycles. The molecule has 0 bridgehead atoms. The quantitative estimate of drug-likeness (QED) is 0.175. The van der Waals surface area contributed by atoms with Crippen molar-refractivity contribution >= 4 is 11.9 Å². The molecule has 4 N–H and O–H groups in total. The number of nitrogens with two attached hydrogens (primary N) is 1. The molecule has 0 aromatic heterocycles. The SMILES string of the molecule is CC(C)C[C@H](N)C(=O)O.CCCCCCCC/C=C\CCCCCCCC(=O)O. The highest BCUT2D eigenvalue weighted by Crippen LogP contribution is 2.09. The van der Waals surface area contributed by atoms with Crippen molar-refractivity contribution in [2.45, 2.75) is 123 Å². The summed E-state index contributed by atoms with van der Waals surface area (Å²) in [6, 6.07) is -0.690. The van der Waals surface area contributed by atoms with E-state index in [2.05, 4.69) is 19.1 Å². The lowest BCUT2D eigenvalue weighted by Gasteiger charge is -2.07. The molecule has 0 fully saturated rings. The molecule has 0 aliphatic carbocycles. The van der Waals surface area contributed by atoms with Crippen molar-refractivity contribution in [2.75, 3.05) is 0 Å². The second kappa shape index (κ2) is 22.9. The van der Waals surface area contributed by atoms with Gasteiger partial charge < -0.3 is 15.9 Å². The number of aliphatic carboxylic acids is 2. The van der Waals surface area contributed by atoms with Gasteiger partial charge in [0.15, 0.2) is 0 Å². The molecule has 0 saturated heterocycles. The summed E-state index contributed by atoms with van der Waals surface area (Å²) in [6.45, 7) is 6.15. The Morgan fingerprint density at radius 3 is 1.62 bits per heavy atom. The van der Waals surface area contributed by atoms with Crippen molar-refractivity contribution in [3.63, 3.8) is 0 Å². The number of carboxylic acids is 2. The lowest BCUT2D eigenvalue weighted by atomic mass is 10.1. The predicted octanol–water partition coefficient (Wildman–Crippen LogP) is 6.55. The average Bonchev–Trinajstić information content (AvgIpc) is 2.64. The number of carbonyl (C=O) groups is 2. The van der Waals surface area contributed by atoms with Gasteiger partial charge in [0.2, 0.25) is 0 Å². The van der Waals surface area contributed by atoms with Gasteiger partial charge >= 0.3 is 11.9 Å². The zero-order valence-corrected chi connectivity index (χ0v) is 19.2. The van der Waals surface area contributed by atoms with Gasteiger partial charge in [0.05, 0.1) is 0 Å². The lowest BCUT2D eigenvalue weighted by molar-refractivity contribution is -0.139. The van der Waals surface area contributed by atoms with Gasteiger partial charge in [0.1, 0.15) is 6.04 Å². The third-order valence-corrected chi connectivity index (χ3v) is 4.69. The van der Waals surface area contributed by atoms with Gasteiger partial charge in [0.25, 0.3) is 0 Å². The van der Waals surface area contributed by atoms with Crippen molar-refractivity contribution in [1.82, 2.24) is 0 Å². The minimum absolute atomic E-state index is 0.332. The highest BCUT2D eigenvalue weighted by Gasteiger charge is 2.11. The summed E-state index contributed by atoms with van der Waals surface area (Å²) < 4.78 is 0. The zero-order chi connectivity index (χ0) is 22.3. The molecular formula is C24H47NO4. The highest BCUT2D eigenvalue weighted by atomic mass is 16.4. The first-order valence-corrected chi connectivity index (χ1v) is 11.7. The largest absolute Gasteiger partial charge is 0.481 e. The van der Waals surface area contributed by atoms with Crippen molar-refractivity contribution in [1.29, 1.82) is 0 Å². The fourth-order valence-corrected chi connectivity index (χ4v) is 2.96. The van der Waals surface area contributed by atoms with Crippen LogP contribution in [0.15, 0.2) is 12.2 Å². The van der Waals surface area contributed by atoms with Crippen molar-refractivity contribution in [3.05, 3.63) is 12.2 Å². The minimum atomic E-state index is -0.913. The molecule has 0 aromatic rings. The van der Waals surface area contributed by atoms with Crippen LogP contribution in [0.1, 0.15) is 117 Å². The van der Waals surface area contributed by atoms with Crippen molar-refractivity contribution in [3.8, 4) is 0 Å². The molecule has 0 aliphatic heterocycles. The van der Waals surface area contributed by atoms with Crippen LogP contribution in [0.2, 0.25) is 0 Å². The van der Waals surface area contributed by atoms with Crippen LogP contribution in [0, 0.1) is 5.92 Å². The first-order valence-electron chi connectivity index (χ1n) is 11.7. The summed E-state index contributed by atoms with van der Waals surface area (Å²) in [5.74, 6) is -1.22. The Labute approximate surface area is 179 Å². The number of allylic oxidation sites excluding steroid dienone is 2. The molecule has 0 amide bonds. The molecule has 0 radical (unpaired) electrons. The smallest absolute Gasteiger partial charge is 0.320 e. The van der Waals surface area contributed by atoms with Crippen LogP contribution < -0.4 is 5.73 Å². The van der Waals surface area contributed by atoms with Crippen molar-refractivity contribution < 1.29 is 19.8 Å². The molecule has 0 aliphatic rings. The Morgan fingerprint density at radius 2 is 1.24 bits per heavy atom. The summed E-state index contributed by atoms with van der Waals surface area (Å²) in [6.07, 6.45) is 21.8. The molecule has 0 aromatic carbocycles. The molecule has 29 heavy (non-hydrogen) atoms. The van der Waals surface area contributed by atoms with E-state index in [4.69, 9.17) is 15.9 Å². The normalized spacial score (nSPS) is 12.0. The fourth-order valence-electron chi connectivity index (χ4n) is 2.96. The van der Waals surface area contributed by atoms with E-state index in [1.807, 2.05) is 13.8 Å². The molecule has 0 unspecified atom stereocenters. The average molecular weight is 414 g/mol. The second-order valence-corrected chi connectivity index (χ2v) is 8.30. The van der Waals surface area contributed by atoms with Crippen LogP contribution in [0.4, 0.5) is 0 Å². The Hall–Kier alpha value is -1.36. The standard InChI is InChI=1S/C18H34O2.C6H13NO2/c1-2-3-4-5-6-7-8-9-10-11-12-13-14-15-16-17-18(19)20;1-4(2)3-5(7)6(8)9/h9-10H,2-8,11-17H2,1H3,(H,19,20);4-5H,3,7H2,1-2H3,(H,8,9)/b10-9-;/t;5-/m.0/s1. The molecule has 0 rings (SSSR count). The van der Waals surface area contributed by atoms with Crippen LogP contribution in [-0.4, -0.2) is 28.2 Å². The minimum Gasteiger partial charge on any atom is -0.481 e. The number of hydrogen-bond donors (Lipinski definition) is 3. The van der Waals surface area contributed by atoms with Gasteiger partial charge in [-0.2, -0.15) is 0 Å². The topological polar surface area (TPSA) is 101 Å². The van der Waals surface area contributed by atoms with Gasteiger partial charge in [-0.15, -0.1) is 0 Å². The molecule has 5 nitrogen and oxygen atoms in total. The maximum atomic E-state index is 10.3. The Kier molecular flexibility index (Phi) is 23.6. The van der Waals surface area contributed by atoms with Gasteiger partial charge in [0, 0.05) is 6.42 Å². The first kappa shape index (κ1) is 29.8. The van der Waals surface area contributed by atoms with E-state index in [-0.39, 0.29) is 0 Å². The summed E-state index contributed by atoms with van der Waals surface area (Å²) in [4.78, 5) is 20.4. The molecule has 172 valence electrons. The van der Waals surface area contributed by atoms with Crippen LogP contribution in [0.25, 0.3) is 0 Å². The van der Waals surface area contributed by atoms with Gasteiger partial charge in [-0.05, 0) is 44.4 Å². The van der Waals surface area contributed by atoms with Crippen LogP contribution in [-0.2, 0) is 9.59 Å². The van der Waals surface area contributed by atoms with E-state index < -0.39 is 18.0 Å². The van der Waals surface area contributed by atoms with Gasteiger partial charge in [-0.1, -0.05) is 84.3 Å². The molecule has 5 heteroatoms. The van der Waals surface area contributed by atoms with E-state index in [0.717, 1.165) is 12.8 Å². The van der Waals surface area contributed by atoms with Gasteiger partial charge in [-0.25, -0.2) is 0 Å². The second-order valence-electron chi connectivity index (χ2n) is 8.30. The summed E-state index contributed by atoms with van der Waals surface area (Å²) >= 11 is 0. The van der Waals surface area contributed by atoms with Gasteiger partial charge in [-0.3, -0.25) is 9.59 Å². The Morgan fingerprint density at radius 1 is 0.793 bits per heavy atom.